The standard InChI is InChI=1S/C15H25NO/c1-5-11-16-15(12(3)6-2)13-7-9-14(17-4)10-8-13/h7-10,12,15-16H,5-6,11H2,1-4H3. The summed E-state index contributed by atoms with van der Waals surface area (Å²) in [6.07, 6.45) is 2.36. The first-order chi connectivity index (χ1) is 8.22. The molecule has 0 aliphatic carbocycles. The number of hydrogen-bond acceptors (Lipinski definition) is 2. The third-order valence-electron chi connectivity index (χ3n) is 3.30. The van der Waals surface area contributed by atoms with Crippen LogP contribution in [0.4, 0.5) is 0 Å². The maximum absolute atomic E-state index is 5.20. The Labute approximate surface area is 105 Å². The summed E-state index contributed by atoms with van der Waals surface area (Å²) in [7, 11) is 1.70. The zero-order valence-electron chi connectivity index (χ0n) is 11.5. The number of methoxy groups -OCH3 is 1. The molecule has 0 aromatic heterocycles. The van der Waals surface area contributed by atoms with Gasteiger partial charge in [-0.15, -0.1) is 0 Å². The molecule has 2 atom stereocenters. The minimum Gasteiger partial charge on any atom is -0.497 e. The molecule has 0 heterocycles. The number of rotatable bonds is 7. The van der Waals surface area contributed by atoms with Gasteiger partial charge >= 0.3 is 0 Å². The van der Waals surface area contributed by atoms with Gasteiger partial charge < -0.3 is 10.1 Å². The van der Waals surface area contributed by atoms with E-state index in [9.17, 15) is 0 Å². The van der Waals surface area contributed by atoms with Gasteiger partial charge in [0.15, 0.2) is 0 Å². The minimum absolute atomic E-state index is 0.450. The van der Waals surface area contributed by atoms with Gasteiger partial charge in [-0.05, 0) is 36.6 Å². The zero-order chi connectivity index (χ0) is 12.7. The van der Waals surface area contributed by atoms with Crippen molar-refractivity contribution in [3.05, 3.63) is 29.8 Å². The second-order valence-electron chi connectivity index (χ2n) is 4.59. The van der Waals surface area contributed by atoms with Crippen molar-refractivity contribution in [3.8, 4) is 5.75 Å². The molecule has 0 fully saturated rings. The molecular formula is C15H25NO. The molecule has 1 rings (SSSR count). The topological polar surface area (TPSA) is 21.3 Å². The Morgan fingerprint density at radius 1 is 1.18 bits per heavy atom. The molecule has 2 heteroatoms. The van der Waals surface area contributed by atoms with Crippen molar-refractivity contribution in [2.75, 3.05) is 13.7 Å². The van der Waals surface area contributed by atoms with Crippen molar-refractivity contribution in [2.24, 2.45) is 5.92 Å². The first-order valence-electron chi connectivity index (χ1n) is 6.60. The predicted molar refractivity (Wildman–Crippen MR) is 73.5 cm³/mol. The molecular weight excluding hydrogens is 210 g/mol. The van der Waals surface area contributed by atoms with E-state index in [4.69, 9.17) is 4.74 Å². The van der Waals surface area contributed by atoms with E-state index in [0.717, 1.165) is 12.3 Å². The fourth-order valence-corrected chi connectivity index (χ4v) is 1.99. The molecule has 17 heavy (non-hydrogen) atoms. The van der Waals surface area contributed by atoms with Gasteiger partial charge in [-0.25, -0.2) is 0 Å². The summed E-state index contributed by atoms with van der Waals surface area (Å²) in [6, 6.07) is 8.86. The molecule has 1 aromatic carbocycles. The van der Waals surface area contributed by atoms with Crippen LogP contribution in [0.15, 0.2) is 24.3 Å². The third-order valence-corrected chi connectivity index (χ3v) is 3.30. The normalized spacial score (nSPS) is 14.4. The Morgan fingerprint density at radius 2 is 1.82 bits per heavy atom. The number of hydrogen-bond donors (Lipinski definition) is 1. The lowest BCUT2D eigenvalue weighted by Gasteiger charge is -2.25. The van der Waals surface area contributed by atoms with Crippen LogP contribution >= 0.6 is 0 Å². The monoisotopic (exact) mass is 235 g/mol. The first kappa shape index (κ1) is 14.0. The molecule has 0 saturated carbocycles. The Hall–Kier alpha value is -1.02. The van der Waals surface area contributed by atoms with Crippen molar-refractivity contribution in [2.45, 2.75) is 39.7 Å². The highest BCUT2D eigenvalue weighted by molar-refractivity contribution is 5.29. The Balaban J connectivity index is 2.79. The van der Waals surface area contributed by atoms with Crippen LogP contribution in [0.3, 0.4) is 0 Å². The van der Waals surface area contributed by atoms with Crippen molar-refractivity contribution in [3.63, 3.8) is 0 Å². The summed E-state index contributed by atoms with van der Waals surface area (Å²) in [5.41, 5.74) is 1.36. The number of nitrogens with one attached hydrogen (secondary N) is 1. The van der Waals surface area contributed by atoms with Gasteiger partial charge in [0.1, 0.15) is 5.75 Å². The van der Waals surface area contributed by atoms with E-state index in [2.05, 4.69) is 38.2 Å². The predicted octanol–water partition coefficient (Wildman–Crippen LogP) is 3.78. The summed E-state index contributed by atoms with van der Waals surface area (Å²) < 4.78 is 5.20. The van der Waals surface area contributed by atoms with Crippen molar-refractivity contribution in [1.29, 1.82) is 0 Å². The molecule has 0 spiro atoms. The van der Waals surface area contributed by atoms with E-state index in [1.54, 1.807) is 7.11 Å². The minimum atomic E-state index is 0.450. The second-order valence-corrected chi connectivity index (χ2v) is 4.59. The average molecular weight is 235 g/mol. The van der Waals surface area contributed by atoms with Crippen molar-refractivity contribution < 1.29 is 4.74 Å². The van der Waals surface area contributed by atoms with Crippen LogP contribution in [0.25, 0.3) is 0 Å². The highest BCUT2D eigenvalue weighted by atomic mass is 16.5. The van der Waals surface area contributed by atoms with E-state index in [1.807, 2.05) is 12.1 Å². The molecule has 1 aromatic rings. The SMILES string of the molecule is CCCNC(c1ccc(OC)cc1)C(C)CC. The fraction of sp³-hybridized carbons (Fsp3) is 0.600. The molecule has 0 saturated heterocycles. The van der Waals surface area contributed by atoms with Crippen LogP contribution in [0.2, 0.25) is 0 Å². The molecule has 0 aliphatic heterocycles. The molecule has 96 valence electrons. The van der Waals surface area contributed by atoms with Crippen LogP contribution in [0.5, 0.6) is 5.75 Å². The lowest BCUT2D eigenvalue weighted by atomic mass is 9.92. The van der Waals surface area contributed by atoms with Crippen molar-refractivity contribution >= 4 is 0 Å². The smallest absolute Gasteiger partial charge is 0.118 e. The lowest BCUT2D eigenvalue weighted by Crippen LogP contribution is -2.27. The summed E-state index contributed by atoms with van der Waals surface area (Å²) in [6.45, 7) is 7.82. The Kier molecular flexibility index (Phi) is 6.06. The van der Waals surface area contributed by atoms with E-state index in [1.165, 1.54) is 18.4 Å². The van der Waals surface area contributed by atoms with Gasteiger partial charge in [-0.3, -0.25) is 0 Å². The maximum Gasteiger partial charge on any atom is 0.118 e. The van der Waals surface area contributed by atoms with E-state index < -0.39 is 0 Å². The number of benzene rings is 1. The second kappa shape index (κ2) is 7.33. The van der Waals surface area contributed by atoms with Gasteiger partial charge in [0, 0.05) is 6.04 Å². The molecule has 0 bridgehead atoms. The molecule has 0 amide bonds. The Morgan fingerprint density at radius 3 is 2.29 bits per heavy atom. The highest BCUT2D eigenvalue weighted by Gasteiger charge is 2.16. The van der Waals surface area contributed by atoms with E-state index >= 15 is 0 Å². The molecule has 2 nitrogen and oxygen atoms in total. The third kappa shape index (κ3) is 4.04. The van der Waals surface area contributed by atoms with Crippen LogP contribution in [-0.2, 0) is 0 Å². The molecule has 1 N–H and O–H groups in total. The highest BCUT2D eigenvalue weighted by Crippen LogP contribution is 2.25. The summed E-state index contributed by atoms with van der Waals surface area (Å²) in [4.78, 5) is 0. The van der Waals surface area contributed by atoms with E-state index in [0.29, 0.717) is 12.0 Å². The average Bonchev–Trinajstić information content (AvgIpc) is 2.39. The van der Waals surface area contributed by atoms with Gasteiger partial charge in [0.25, 0.3) is 0 Å². The fourth-order valence-electron chi connectivity index (χ4n) is 1.99. The largest absolute Gasteiger partial charge is 0.497 e. The maximum atomic E-state index is 5.20. The zero-order valence-corrected chi connectivity index (χ0v) is 11.5. The Bertz CT molecular complexity index is 307. The summed E-state index contributed by atoms with van der Waals surface area (Å²) in [5.74, 6) is 1.57. The van der Waals surface area contributed by atoms with Crippen LogP contribution in [0.1, 0.15) is 45.2 Å². The first-order valence-corrected chi connectivity index (χ1v) is 6.60. The molecule has 0 radical (unpaired) electrons. The van der Waals surface area contributed by atoms with Gasteiger partial charge in [-0.2, -0.15) is 0 Å². The van der Waals surface area contributed by atoms with E-state index in [-0.39, 0.29) is 0 Å². The van der Waals surface area contributed by atoms with Gasteiger partial charge in [-0.1, -0.05) is 39.3 Å². The van der Waals surface area contributed by atoms with Gasteiger partial charge in [0.05, 0.1) is 7.11 Å². The quantitative estimate of drug-likeness (QED) is 0.776. The number of ether oxygens (including phenoxy) is 1. The van der Waals surface area contributed by atoms with Crippen LogP contribution < -0.4 is 10.1 Å². The van der Waals surface area contributed by atoms with Crippen LogP contribution in [0, 0.1) is 5.92 Å². The summed E-state index contributed by atoms with van der Waals surface area (Å²) in [5, 5.41) is 3.63. The van der Waals surface area contributed by atoms with Crippen LogP contribution in [-0.4, -0.2) is 13.7 Å². The van der Waals surface area contributed by atoms with Crippen molar-refractivity contribution in [1.82, 2.24) is 5.32 Å². The molecule has 0 aliphatic rings. The lowest BCUT2D eigenvalue weighted by molar-refractivity contribution is 0.376. The molecule has 2 unspecified atom stereocenters. The van der Waals surface area contributed by atoms with Gasteiger partial charge in [0.2, 0.25) is 0 Å². The summed E-state index contributed by atoms with van der Waals surface area (Å²) >= 11 is 0.